The van der Waals surface area contributed by atoms with Gasteiger partial charge < -0.3 is 5.73 Å². The molecule has 158 valence electrons. The number of ketones is 1. The first-order valence-corrected chi connectivity index (χ1v) is 10.9. The van der Waals surface area contributed by atoms with Crippen LogP contribution in [0.2, 0.25) is 5.02 Å². The van der Waals surface area contributed by atoms with Gasteiger partial charge in [-0.25, -0.2) is 0 Å². The van der Waals surface area contributed by atoms with E-state index in [2.05, 4.69) is 39.0 Å². The zero-order valence-electron chi connectivity index (χ0n) is 18.1. The summed E-state index contributed by atoms with van der Waals surface area (Å²) in [5.74, 6) is 0.00623. The van der Waals surface area contributed by atoms with E-state index in [-0.39, 0.29) is 11.2 Å². The summed E-state index contributed by atoms with van der Waals surface area (Å²) in [5, 5.41) is 10.7. The maximum absolute atomic E-state index is 13.5. The summed E-state index contributed by atoms with van der Waals surface area (Å²) < 4.78 is 0. The Morgan fingerprint density at radius 2 is 1.77 bits per heavy atom. The molecule has 0 bridgehead atoms. The fourth-order valence-electron chi connectivity index (χ4n) is 4.67. The number of carbonyl (C=O) groups excluding carboxylic acids is 1. The van der Waals surface area contributed by atoms with Gasteiger partial charge in [0.1, 0.15) is 5.82 Å². The summed E-state index contributed by atoms with van der Waals surface area (Å²) in [6.07, 6.45) is 2.07. The molecule has 2 aliphatic rings. The first-order valence-electron chi connectivity index (χ1n) is 10.6. The van der Waals surface area contributed by atoms with Crippen molar-refractivity contribution in [3.05, 3.63) is 87.3 Å². The number of anilines is 1. The third kappa shape index (κ3) is 3.75. The van der Waals surface area contributed by atoms with Gasteiger partial charge in [-0.3, -0.25) is 9.69 Å². The number of benzene rings is 2. The van der Waals surface area contributed by atoms with Crippen LogP contribution in [-0.2, 0) is 11.2 Å². The van der Waals surface area contributed by atoms with E-state index < -0.39 is 5.92 Å². The van der Waals surface area contributed by atoms with Crippen molar-refractivity contribution in [2.75, 3.05) is 4.90 Å². The molecule has 0 aromatic heterocycles. The predicted octanol–water partition coefficient (Wildman–Crippen LogP) is 5.84. The molecule has 2 aromatic carbocycles. The first-order chi connectivity index (χ1) is 14.8. The summed E-state index contributed by atoms with van der Waals surface area (Å²) >= 11 is 6.10. The molecule has 4 nitrogen and oxygen atoms in total. The SMILES string of the molecule is CCc1ccc([C@@H]2C(C#N)=C(N)N(c3ccc(Cl)cc3)C3=C2C(=O)CC(C)(C)C3)cc1. The maximum Gasteiger partial charge on any atom is 0.162 e. The molecule has 0 amide bonds. The minimum atomic E-state index is -0.446. The second-order valence-corrected chi connectivity index (χ2v) is 9.49. The average molecular weight is 432 g/mol. The summed E-state index contributed by atoms with van der Waals surface area (Å²) in [5.41, 5.74) is 11.3. The highest BCUT2D eigenvalue weighted by atomic mass is 35.5. The normalized spacial score (nSPS) is 20.5. The molecule has 1 heterocycles. The van der Waals surface area contributed by atoms with E-state index in [9.17, 15) is 10.1 Å². The zero-order chi connectivity index (χ0) is 22.3. The summed E-state index contributed by atoms with van der Waals surface area (Å²) in [6.45, 7) is 6.30. The number of rotatable bonds is 3. The minimum Gasteiger partial charge on any atom is -0.384 e. The van der Waals surface area contributed by atoms with Crippen molar-refractivity contribution in [3.8, 4) is 6.07 Å². The van der Waals surface area contributed by atoms with E-state index in [1.807, 2.05) is 29.2 Å². The summed E-state index contributed by atoms with van der Waals surface area (Å²) in [6, 6.07) is 17.8. The lowest BCUT2D eigenvalue weighted by molar-refractivity contribution is -0.118. The van der Waals surface area contributed by atoms with E-state index >= 15 is 0 Å². The van der Waals surface area contributed by atoms with E-state index in [4.69, 9.17) is 17.3 Å². The number of allylic oxidation sites excluding steroid dienone is 3. The highest BCUT2D eigenvalue weighted by molar-refractivity contribution is 6.30. The van der Waals surface area contributed by atoms with Gasteiger partial charge >= 0.3 is 0 Å². The van der Waals surface area contributed by atoms with Crippen molar-refractivity contribution < 1.29 is 4.79 Å². The van der Waals surface area contributed by atoms with Gasteiger partial charge in [0.25, 0.3) is 0 Å². The van der Waals surface area contributed by atoms with Crippen LogP contribution in [0.15, 0.2) is 71.2 Å². The van der Waals surface area contributed by atoms with Gasteiger partial charge in [-0.1, -0.05) is 56.6 Å². The molecule has 0 radical (unpaired) electrons. The van der Waals surface area contributed by atoms with E-state index in [1.54, 1.807) is 12.1 Å². The van der Waals surface area contributed by atoms with Crippen LogP contribution in [-0.4, -0.2) is 5.78 Å². The topological polar surface area (TPSA) is 70.1 Å². The van der Waals surface area contributed by atoms with E-state index in [1.165, 1.54) is 5.56 Å². The molecular formula is C26H26ClN3O. The Hall–Kier alpha value is -3.03. The standard InChI is InChI=1S/C26H26ClN3O/c1-4-16-5-7-17(8-6-16)23-20(15-28)25(29)30(19-11-9-18(27)10-12-19)21-13-26(2,3)14-22(31)24(21)23/h5-12,23H,4,13-14,29H2,1-3H3/t23-/m1/s1. The minimum absolute atomic E-state index is 0.0787. The number of hydrogen-bond donors (Lipinski definition) is 1. The van der Waals surface area contributed by atoms with Crippen LogP contribution in [0.25, 0.3) is 0 Å². The molecule has 0 spiro atoms. The second-order valence-electron chi connectivity index (χ2n) is 9.05. The van der Waals surface area contributed by atoms with Gasteiger partial charge in [-0.2, -0.15) is 5.26 Å². The zero-order valence-corrected chi connectivity index (χ0v) is 18.8. The molecule has 1 aliphatic carbocycles. The Balaban J connectivity index is 1.96. The Morgan fingerprint density at radius 3 is 2.35 bits per heavy atom. The summed E-state index contributed by atoms with van der Waals surface area (Å²) in [4.78, 5) is 15.3. The van der Waals surface area contributed by atoms with Crippen LogP contribution in [0.4, 0.5) is 5.69 Å². The van der Waals surface area contributed by atoms with E-state index in [0.717, 1.165) is 23.4 Å². The number of carbonyl (C=O) groups is 1. The third-order valence-corrected chi connectivity index (χ3v) is 6.44. The van der Waals surface area contributed by atoms with Crippen LogP contribution in [0.3, 0.4) is 0 Å². The van der Waals surface area contributed by atoms with Crippen molar-refractivity contribution in [2.45, 2.75) is 46.0 Å². The van der Waals surface area contributed by atoms with Crippen molar-refractivity contribution in [1.29, 1.82) is 5.26 Å². The van der Waals surface area contributed by atoms with Gasteiger partial charge in [0.2, 0.25) is 0 Å². The molecular weight excluding hydrogens is 406 g/mol. The Labute approximate surface area is 188 Å². The first kappa shape index (κ1) is 21.2. The van der Waals surface area contributed by atoms with E-state index in [0.29, 0.717) is 34.8 Å². The van der Waals surface area contributed by atoms with Crippen LogP contribution in [0.5, 0.6) is 0 Å². The van der Waals surface area contributed by atoms with Gasteiger partial charge in [0, 0.05) is 28.4 Å². The number of hydrogen-bond acceptors (Lipinski definition) is 4. The largest absolute Gasteiger partial charge is 0.384 e. The monoisotopic (exact) mass is 431 g/mol. The Bertz CT molecular complexity index is 1130. The number of aryl methyl sites for hydroxylation is 1. The maximum atomic E-state index is 13.5. The lowest BCUT2D eigenvalue weighted by Gasteiger charge is -2.43. The highest BCUT2D eigenvalue weighted by Crippen LogP contribution is 2.50. The number of Topliss-reactive ketones (excluding diaryl/α,β-unsaturated/α-hetero) is 1. The molecule has 0 saturated carbocycles. The molecule has 0 saturated heterocycles. The molecule has 2 aromatic rings. The number of nitrogens with two attached hydrogens (primary N) is 1. The van der Waals surface area contributed by atoms with Crippen molar-refractivity contribution >= 4 is 23.1 Å². The summed E-state index contributed by atoms with van der Waals surface area (Å²) in [7, 11) is 0. The number of nitrogens with zero attached hydrogens (tertiary/aromatic N) is 2. The highest BCUT2D eigenvalue weighted by Gasteiger charge is 2.44. The van der Waals surface area contributed by atoms with Gasteiger partial charge in [0.15, 0.2) is 5.78 Å². The Morgan fingerprint density at radius 1 is 1.13 bits per heavy atom. The third-order valence-electron chi connectivity index (χ3n) is 6.19. The van der Waals surface area contributed by atoms with Gasteiger partial charge in [-0.05, 0) is 53.6 Å². The fourth-order valence-corrected chi connectivity index (χ4v) is 4.80. The molecule has 1 atom stereocenters. The van der Waals surface area contributed by atoms with Gasteiger partial charge in [-0.15, -0.1) is 0 Å². The molecule has 0 fully saturated rings. The van der Waals surface area contributed by atoms with Crippen LogP contribution >= 0.6 is 11.6 Å². The van der Waals surface area contributed by atoms with Crippen LogP contribution < -0.4 is 10.6 Å². The number of halogens is 1. The molecule has 1 aliphatic heterocycles. The molecule has 5 heteroatoms. The van der Waals surface area contributed by atoms with Crippen LogP contribution in [0.1, 0.15) is 50.7 Å². The van der Waals surface area contributed by atoms with Crippen molar-refractivity contribution in [2.24, 2.45) is 11.1 Å². The van der Waals surface area contributed by atoms with Crippen LogP contribution in [0, 0.1) is 16.7 Å². The predicted molar refractivity (Wildman–Crippen MR) is 124 cm³/mol. The quantitative estimate of drug-likeness (QED) is 0.662. The second kappa shape index (κ2) is 7.90. The Kier molecular flexibility index (Phi) is 5.41. The molecule has 2 N–H and O–H groups in total. The molecule has 4 rings (SSSR count). The fraction of sp³-hybridized carbons (Fsp3) is 0.308. The smallest absolute Gasteiger partial charge is 0.162 e. The average Bonchev–Trinajstić information content (AvgIpc) is 2.73. The lowest BCUT2D eigenvalue weighted by atomic mass is 9.68. The van der Waals surface area contributed by atoms with Crippen molar-refractivity contribution in [1.82, 2.24) is 0 Å². The van der Waals surface area contributed by atoms with Crippen molar-refractivity contribution in [3.63, 3.8) is 0 Å². The molecule has 31 heavy (non-hydrogen) atoms. The molecule has 0 unspecified atom stereocenters. The van der Waals surface area contributed by atoms with Gasteiger partial charge in [0.05, 0.1) is 17.6 Å². The lowest BCUT2D eigenvalue weighted by Crippen LogP contribution is -2.42. The number of nitriles is 1.